The second-order valence-electron chi connectivity index (χ2n) is 8.81. The molecule has 6 nitrogen and oxygen atoms in total. The number of hydrogen-bond acceptors (Lipinski definition) is 5. The molecule has 1 aromatic heterocycles. The van der Waals surface area contributed by atoms with Gasteiger partial charge in [0.15, 0.2) is 11.5 Å². The zero-order chi connectivity index (χ0) is 18.6. The Balaban J connectivity index is 1.35. The van der Waals surface area contributed by atoms with E-state index >= 15 is 0 Å². The number of benzene rings is 1. The molecule has 0 radical (unpaired) electrons. The van der Waals surface area contributed by atoms with E-state index in [0.29, 0.717) is 5.92 Å². The van der Waals surface area contributed by atoms with Gasteiger partial charge in [-0.2, -0.15) is 0 Å². The van der Waals surface area contributed by atoms with Gasteiger partial charge in [0.2, 0.25) is 0 Å². The highest BCUT2D eigenvalue weighted by Crippen LogP contribution is 2.56. The Morgan fingerprint density at radius 2 is 2.19 bits per heavy atom. The Labute approximate surface area is 159 Å². The third kappa shape index (κ3) is 2.74. The molecule has 2 fully saturated rings. The van der Waals surface area contributed by atoms with Crippen molar-refractivity contribution in [3.8, 4) is 11.5 Å². The number of aromatic nitrogens is 2. The molecule has 1 N–H and O–H groups in total. The standard InChI is InChI=1S/C21H27N3O3/c1-20(2)15-9-21(11-24(12-21)10-17-22-7-8-23-17)13-26-18(15)14-5-4-6-16(25-3)19(14)27-20/h4-8,15,18H,9-13H2,1-3H3,(H,22,23)/t15-,18+/m0/s1. The number of aromatic amines is 1. The first-order valence-corrected chi connectivity index (χ1v) is 9.68. The zero-order valence-corrected chi connectivity index (χ0v) is 16.2. The zero-order valence-electron chi connectivity index (χ0n) is 16.2. The van der Waals surface area contributed by atoms with Gasteiger partial charge in [0.05, 0.1) is 26.4 Å². The summed E-state index contributed by atoms with van der Waals surface area (Å²) in [6, 6.07) is 6.10. The maximum absolute atomic E-state index is 6.50. The summed E-state index contributed by atoms with van der Waals surface area (Å²) in [7, 11) is 1.69. The highest BCUT2D eigenvalue weighted by Gasteiger charge is 2.56. The highest BCUT2D eigenvalue weighted by molar-refractivity contribution is 5.50. The molecular formula is C21H27N3O3. The van der Waals surface area contributed by atoms with Crippen molar-refractivity contribution in [2.24, 2.45) is 11.3 Å². The molecule has 0 unspecified atom stereocenters. The van der Waals surface area contributed by atoms with E-state index in [1.807, 2.05) is 24.5 Å². The van der Waals surface area contributed by atoms with Crippen LogP contribution >= 0.6 is 0 Å². The van der Waals surface area contributed by atoms with Crippen LogP contribution in [0.25, 0.3) is 0 Å². The molecule has 6 heteroatoms. The summed E-state index contributed by atoms with van der Waals surface area (Å²) in [6.45, 7) is 8.15. The Morgan fingerprint density at radius 3 is 2.93 bits per heavy atom. The van der Waals surface area contributed by atoms with Gasteiger partial charge in [-0.05, 0) is 26.3 Å². The van der Waals surface area contributed by atoms with Crippen LogP contribution in [0.5, 0.6) is 11.5 Å². The SMILES string of the molecule is COc1cccc2c1OC(C)(C)[C@H]1CC3(CO[C@H]21)CN(Cc1ncc[nH]1)C3. The van der Waals surface area contributed by atoms with Crippen LogP contribution in [0.1, 0.15) is 37.8 Å². The molecule has 2 aromatic rings. The van der Waals surface area contributed by atoms with Crippen LogP contribution in [0.2, 0.25) is 0 Å². The summed E-state index contributed by atoms with van der Waals surface area (Å²) in [6.07, 6.45) is 4.89. The first kappa shape index (κ1) is 17.1. The lowest BCUT2D eigenvalue weighted by molar-refractivity contribution is -0.200. The normalized spacial score (nSPS) is 28.0. The Morgan fingerprint density at radius 1 is 1.33 bits per heavy atom. The van der Waals surface area contributed by atoms with Gasteiger partial charge >= 0.3 is 0 Å². The predicted octanol–water partition coefficient (Wildman–Crippen LogP) is 3.17. The van der Waals surface area contributed by atoms with Crippen LogP contribution in [0.4, 0.5) is 0 Å². The molecule has 2 atom stereocenters. The lowest BCUT2D eigenvalue weighted by Gasteiger charge is -2.58. The topological polar surface area (TPSA) is 59.6 Å². The lowest BCUT2D eigenvalue weighted by Crippen LogP contribution is -2.63. The van der Waals surface area contributed by atoms with E-state index in [0.717, 1.165) is 55.5 Å². The third-order valence-corrected chi connectivity index (χ3v) is 6.43. The largest absolute Gasteiger partial charge is 0.493 e. The van der Waals surface area contributed by atoms with Crippen LogP contribution in [0.3, 0.4) is 0 Å². The van der Waals surface area contributed by atoms with Gasteiger partial charge in [-0.15, -0.1) is 0 Å². The van der Waals surface area contributed by atoms with E-state index in [1.165, 1.54) is 0 Å². The van der Waals surface area contributed by atoms with Crippen LogP contribution in [-0.4, -0.2) is 47.3 Å². The van der Waals surface area contributed by atoms with Crippen LogP contribution in [-0.2, 0) is 11.3 Å². The number of methoxy groups -OCH3 is 1. The number of para-hydroxylation sites is 1. The van der Waals surface area contributed by atoms with E-state index in [9.17, 15) is 0 Å². The van der Waals surface area contributed by atoms with Crippen molar-refractivity contribution >= 4 is 0 Å². The summed E-state index contributed by atoms with van der Waals surface area (Å²) in [4.78, 5) is 9.97. The summed E-state index contributed by atoms with van der Waals surface area (Å²) in [5.74, 6) is 2.99. The smallest absolute Gasteiger partial charge is 0.167 e. The van der Waals surface area contributed by atoms with Crippen molar-refractivity contribution < 1.29 is 14.2 Å². The Kier molecular flexibility index (Phi) is 3.78. The van der Waals surface area contributed by atoms with Gasteiger partial charge in [0.25, 0.3) is 0 Å². The van der Waals surface area contributed by atoms with E-state index in [4.69, 9.17) is 14.2 Å². The second-order valence-corrected chi connectivity index (χ2v) is 8.81. The first-order chi connectivity index (χ1) is 13.0. The van der Waals surface area contributed by atoms with Crippen molar-refractivity contribution in [3.63, 3.8) is 0 Å². The van der Waals surface area contributed by atoms with Gasteiger partial charge in [-0.1, -0.05) is 12.1 Å². The van der Waals surface area contributed by atoms with E-state index in [2.05, 4.69) is 34.8 Å². The molecule has 0 saturated carbocycles. The van der Waals surface area contributed by atoms with Gasteiger partial charge in [-0.3, -0.25) is 4.90 Å². The quantitative estimate of drug-likeness (QED) is 0.901. The molecule has 1 spiro atoms. The van der Waals surface area contributed by atoms with Gasteiger partial charge in [-0.25, -0.2) is 4.98 Å². The average molecular weight is 369 g/mol. The fraction of sp³-hybridized carbons (Fsp3) is 0.571. The first-order valence-electron chi connectivity index (χ1n) is 9.68. The third-order valence-electron chi connectivity index (χ3n) is 6.43. The van der Waals surface area contributed by atoms with Crippen LogP contribution in [0, 0.1) is 11.3 Å². The fourth-order valence-corrected chi connectivity index (χ4v) is 5.13. The molecule has 3 aliphatic heterocycles. The molecule has 1 aromatic carbocycles. The Hall–Kier alpha value is -2.05. The molecular weight excluding hydrogens is 342 g/mol. The number of imidazole rings is 1. The van der Waals surface area contributed by atoms with E-state index in [-0.39, 0.29) is 17.1 Å². The molecule has 0 aliphatic carbocycles. The summed E-state index contributed by atoms with van der Waals surface area (Å²) in [5.41, 5.74) is 1.06. The molecule has 2 saturated heterocycles. The summed E-state index contributed by atoms with van der Waals surface area (Å²) >= 11 is 0. The van der Waals surface area contributed by atoms with Gasteiger partial charge < -0.3 is 19.2 Å². The van der Waals surface area contributed by atoms with Crippen molar-refractivity contribution in [3.05, 3.63) is 42.0 Å². The monoisotopic (exact) mass is 369 g/mol. The number of nitrogens with zero attached hydrogens (tertiary/aromatic N) is 2. The summed E-state index contributed by atoms with van der Waals surface area (Å²) < 4.78 is 18.5. The lowest BCUT2D eigenvalue weighted by atomic mass is 9.64. The molecule has 5 rings (SSSR count). The fourth-order valence-electron chi connectivity index (χ4n) is 5.13. The minimum Gasteiger partial charge on any atom is -0.493 e. The van der Waals surface area contributed by atoms with Crippen LogP contribution in [0.15, 0.2) is 30.6 Å². The van der Waals surface area contributed by atoms with Crippen molar-refractivity contribution in [1.82, 2.24) is 14.9 Å². The number of ether oxygens (including phenoxy) is 3. The summed E-state index contributed by atoms with van der Waals surface area (Å²) in [5, 5.41) is 0. The molecule has 0 bridgehead atoms. The number of fused-ring (bicyclic) bond motifs is 3. The second kappa shape index (κ2) is 5.97. The molecule has 4 heterocycles. The van der Waals surface area contributed by atoms with Crippen molar-refractivity contribution in [2.45, 2.75) is 38.5 Å². The average Bonchev–Trinajstić information content (AvgIpc) is 3.13. The maximum atomic E-state index is 6.50. The number of rotatable bonds is 3. The predicted molar refractivity (Wildman–Crippen MR) is 101 cm³/mol. The molecule has 27 heavy (non-hydrogen) atoms. The number of likely N-dealkylation sites (tertiary alicyclic amines) is 1. The molecule has 144 valence electrons. The van der Waals surface area contributed by atoms with Crippen molar-refractivity contribution in [2.75, 3.05) is 26.8 Å². The highest BCUT2D eigenvalue weighted by atomic mass is 16.5. The Bertz CT molecular complexity index is 827. The van der Waals surface area contributed by atoms with Gasteiger partial charge in [0, 0.05) is 42.4 Å². The van der Waals surface area contributed by atoms with Gasteiger partial charge in [0.1, 0.15) is 11.4 Å². The number of nitrogens with one attached hydrogen (secondary N) is 1. The van der Waals surface area contributed by atoms with E-state index in [1.54, 1.807) is 7.11 Å². The number of hydrogen-bond donors (Lipinski definition) is 1. The van der Waals surface area contributed by atoms with Crippen molar-refractivity contribution in [1.29, 1.82) is 0 Å². The van der Waals surface area contributed by atoms with E-state index < -0.39 is 0 Å². The minimum absolute atomic E-state index is 0.0728. The minimum atomic E-state index is -0.291. The molecule has 3 aliphatic rings. The van der Waals surface area contributed by atoms with Crippen LogP contribution < -0.4 is 9.47 Å². The molecule has 0 amide bonds. The number of H-pyrrole nitrogens is 1. The maximum Gasteiger partial charge on any atom is 0.167 e.